The molecule has 0 aliphatic carbocycles. The molecule has 0 atom stereocenters. The van der Waals surface area contributed by atoms with Crippen molar-refractivity contribution in [2.24, 2.45) is 0 Å². The van der Waals surface area contributed by atoms with E-state index in [0.29, 0.717) is 0 Å². The summed E-state index contributed by atoms with van der Waals surface area (Å²) in [5.41, 5.74) is 2.74. The molecule has 26 heavy (non-hydrogen) atoms. The first-order valence-corrected chi connectivity index (χ1v) is 15.0. The van der Waals surface area contributed by atoms with Gasteiger partial charge in [-0.15, -0.1) is 12.0 Å². The fourth-order valence-corrected chi connectivity index (χ4v) is 6.39. The van der Waals surface area contributed by atoms with Crippen LogP contribution in [0.3, 0.4) is 0 Å². The van der Waals surface area contributed by atoms with E-state index < -0.39 is 15.3 Å². The van der Waals surface area contributed by atoms with Crippen LogP contribution >= 0.6 is 7.26 Å². The van der Waals surface area contributed by atoms with Gasteiger partial charge in [0.1, 0.15) is 8.07 Å². The van der Waals surface area contributed by atoms with Gasteiger partial charge in [0.2, 0.25) is 0 Å². The molecule has 0 saturated carbocycles. The second-order valence-electron chi connectivity index (χ2n) is 7.62. The summed E-state index contributed by atoms with van der Waals surface area (Å²) >= 11 is 0. The summed E-state index contributed by atoms with van der Waals surface area (Å²) in [5.74, 6) is 0. The molecule has 0 amide bonds. The van der Waals surface area contributed by atoms with E-state index in [1.807, 2.05) is 0 Å². The predicted molar refractivity (Wildman–Crippen MR) is 125 cm³/mol. The third-order valence-corrected chi connectivity index (χ3v) is 9.82. The van der Waals surface area contributed by atoms with Gasteiger partial charge in [0.25, 0.3) is 0 Å². The summed E-state index contributed by atoms with van der Waals surface area (Å²) < 4.78 is 0. The van der Waals surface area contributed by atoms with Crippen molar-refractivity contribution in [1.29, 1.82) is 0 Å². The Labute approximate surface area is 160 Å². The Balaban J connectivity index is 0.000000352. The van der Waals surface area contributed by atoms with Crippen LogP contribution in [0.15, 0.2) is 91.0 Å². The van der Waals surface area contributed by atoms with Crippen molar-refractivity contribution in [2.45, 2.75) is 19.6 Å². The standard InChI is InChI=1S/C19H19P.C5H10Si/c1-20(17-11-5-2-6-12-17,18-13-7-3-8-14-18)19-15-9-4-10-16-19;1-5-6(2,3)4/h2-16,20H,1H3;1H,2-4H3. The van der Waals surface area contributed by atoms with Gasteiger partial charge in [-0.1, -0.05) is 19.6 Å². The van der Waals surface area contributed by atoms with Gasteiger partial charge in [-0.2, -0.15) is 0 Å². The summed E-state index contributed by atoms with van der Waals surface area (Å²) in [6.07, 6.45) is 5.12. The van der Waals surface area contributed by atoms with Crippen molar-refractivity contribution in [3.8, 4) is 12.0 Å². The van der Waals surface area contributed by atoms with E-state index >= 15 is 0 Å². The Bertz CT molecular complexity index is 731. The van der Waals surface area contributed by atoms with E-state index in [9.17, 15) is 0 Å². The Morgan fingerprint density at radius 2 is 0.846 bits per heavy atom. The molecule has 0 spiro atoms. The van der Waals surface area contributed by atoms with Crippen LogP contribution in [0.4, 0.5) is 0 Å². The van der Waals surface area contributed by atoms with Crippen LogP contribution in [0.5, 0.6) is 0 Å². The zero-order chi connectivity index (χ0) is 19.0. The zero-order valence-electron chi connectivity index (χ0n) is 16.2. The molecule has 0 saturated heterocycles. The summed E-state index contributed by atoms with van der Waals surface area (Å²) in [5, 5.41) is 4.37. The van der Waals surface area contributed by atoms with Gasteiger partial charge in [-0.05, 0) is 0 Å². The molecule has 0 fully saturated rings. The van der Waals surface area contributed by atoms with E-state index in [2.05, 4.69) is 123 Å². The minimum atomic E-state index is -1.88. The van der Waals surface area contributed by atoms with E-state index in [1.54, 1.807) is 0 Å². The van der Waals surface area contributed by atoms with Gasteiger partial charge in [0, 0.05) is 0 Å². The first kappa shape index (κ1) is 20.2. The summed E-state index contributed by atoms with van der Waals surface area (Å²) in [4.78, 5) is 0. The first-order chi connectivity index (χ1) is 12.4. The van der Waals surface area contributed by atoms with Gasteiger partial charge in [0.05, 0.1) is 0 Å². The Morgan fingerprint density at radius 3 is 1.04 bits per heavy atom. The number of hydrogen-bond acceptors (Lipinski definition) is 0. The van der Waals surface area contributed by atoms with E-state index in [-0.39, 0.29) is 0 Å². The Hall–Kier alpha value is -2.13. The van der Waals surface area contributed by atoms with Crippen LogP contribution in [0.25, 0.3) is 0 Å². The molecule has 0 heterocycles. The fourth-order valence-electron chi connectivity index (χ4n) is 2.81. The van der Waals surface area contributed by atoms with Crippen molar-refractivity contribution in [1.82, 2.24) is 0 Å². The third kappa shape index (κ3) is 5.18. The molecule has 0 aliphatic rings. The fraction of sp³-hybridized carbons (Fsp3) is 0.167. The molecule has 134 valence electrons. The van der Waals surface area contributed by atoms with Crippen LogP contribution in [-0.2, 0) is 0 Å². The SMILES string of the molecule is C#C[Si](C)(C)C.C[PH](c1ccccc1)(c1ccccc1)c1ccccc1. The number of rotatable bonds is 3. The number of terminal acetylenes is 1. The van der Waals surface area contributed by atoms with Gasteiger partial charge < -0.3 is 0 Å². The van der Waals surface area contributed by atoms with E-state index in [0.717, 1.165) is 0 Å². The van der Waals surface area contributed by atoms with Crippen LogP contribution in [0.1, 0.15) is 0 Å². The maximum absolute atomic E-state index is 5.12. The van der Waals surface area contributed by atoms with Gasteiger partial charge in [-0.3, -0.25) is 0 Å². The van der Waals surface area contributed by atoms with Crippen LogP contribution in [-0.4, -0.2) is 14.7 Å². The van der Waals surface area contributed by atoms with Crippen molar-refractivity contribution in [3.05, 3.63) is 91.0 Å². The summed E-state index contributed by atoms with van der Waals surface area (Å²) in [6, 6.07) is 32.8. The van der Waals surface area contributed by atoms with Crippen LogP contribution in [0.2, 0.25) is 19.6 Å². The molecule has 0 aromatic heterocycles. The first-order valence-electron chi connectivity index (χ1n) is 9.02. The van der Waals surface area contributed by atoms with Crippen LogP contribution in [0, 0.1) is 12.0 Å². The molecule has 0 bridgehead atoms. The Kier molecular flexibility index (Phi) is 6.98. The number of benzene rings is 3. The molecule has 3 rings (SSSR count). The Morgan fingerprint density at radius 1 is 0.615 bits per heavy atom. The molecule has 0 aliphatic heterocycles. The van der Waals surface area contributed by atoms with Crippen molar-refractivity contribution < 1.29 is 0 Å². The normalized spacial score (nSPS) is 11.7. The molecular formula is C24H29PSi. The van der Waals surface area contributed by atoms with Gasteiger partial charge >= 0.3 is 121 Å². The maximum atomic E-state index is 5.12. The van der Waals surface area contributed by atoms with Crippen molar-refractivity contribution >= 4 is 31.2 Å². The van der Waals surface area contributed by atoms with Crippen molar-refractivity contribution in [3.63, 3.8) is 0 Å². The molecule has 0 N–H and O–H groups in total. The van der Waals surface area contributed by atoms with Gasteiger partial charge in [0.15, 0.2) is 0 Å². The quantitative estimate of drug-likeness (QED) is 0.349. The average Bonchev–Trinajstić information content (AvgIpc) is 2.69. The predicted octanol–water partition coefficient (Wildman–Crippen LogP) is 4.84. The molecule has 0 unspecified atom stereocenters. The molecular weight excluding hydrogens is 347 g/mol. The second kappa shape index (κ2) is 8.99. The van der Waals surface area contributed by atoms with Crippen LogP contribution < -0.4 is 15.9 Å². The summed E-state index contributed by atoms with van der Waals surface area (Å²) in [6.45, 7) is 8.88. The molecule has 3 aromatic rings. The molecule has 0 radical (unpaired) electrons. The molecule has 2 heteroatoms. The van der Waals surface area contributed by atoms with E-state index in [1.165, 1.54) is 15.9 Å². The topological polar surface area (TPSA) is 0 Å². The second-order valence-corrected chi connectivity index (χ2v) is 16.4. The van der Waals surface area contributed by atoms with Gasteiger partial charge in [-0.25, -0.2) is 0 Å². The van der Waals surface area contributed by atoms with E-state index in [4.69, 9.17) is 6.42 Å². The monoisotopic (exact) mass is 376 g/mol. The average molecular weight is 377 g/mol. The minimum absolute atomic E-state index is 1.10. The summed E-state index contributed by atoms with van der Waals surface area (Å²) in [7, 11) is -2.98. The third-order valence-electron chi connectivity index (χ3n) is 4.49. The zero-order valence-corrected chi connectivity index (χ0v) is 18.2. The van der Waals surface area contributed by atoms with Crippen molar-refractivity contribution in [2.75, 3.05) is 6.66 Å². The number of hydrogen-bond donors (Lipinski definition) is 0. The molecule has 0 nitrogen and oxygen atoms in total. The molecule has 3 aromatic carbocycles.